The van der Waals surface area contributed by atoms with Crippen LogP contribution in [0.4, 0.5) is 0 Å². The van der Waals surface area contributed by atoms with Gasteiger partial charge in [-0.2, -0.15) is 8.42 Å². The smallest absolute Gasteiger partial charge is 0.297 e. The van der Waals surface area contributed by atoms with Gasteiger partial charge >= 0.3 is 0 Å². The molecule has 1 saturated heterocycles. The van der Waals surface area contributed by atoms with E-state index in [-0.39, 0.29) is 17.0 Å². The summed E-state index contributed by atoms with van der Waals surface area (Å²) in [5.41, 5.74) is 3.34. The first-order valence-electron chi connectivity index (χ1n) is 11.0. The number of benzene rings is 3. The van der Waals surface area contributed by atoms with E-state index < -0.39 is 20.5 Å². The lowest BCUT2D eigenvalue weighted by Gasteiger charge is -2.51. The molecular formula is C25H28ClNO7S2. The van der Waals surface area contributed by atoms with E-state index >= 15 is 0 Å². The number of aryl methyl sites for hydroxylation is 1. The molecule has 8 nitrogen and oxygen atoms in total. The maximum Gasteiger partial charge on any atom is 0.297 e. The molecule has 0 spiro atoms. The summed E-state index contributed by atoms with van der Waals surface area (Å²) in [5, 5.41) is 0.697. The van der Waals surface area contributed by atoms with Crippen molar-refractivity contribution in [3.05, 3.63) is 101 Å². The molecule has 194 valence electrons. The van der Waals surface area contributed by atoms with Gasteiger partial charge in [0.15, 0.2) is 6.10 Å². The van der Waals surface area contributed by atoms with Gasteiger partial charge in [-0.3, -0.25) is 8.37 Å². The van der Waals surface area contributed by atoms with E-state index in [2.05, 4.69) is 23.4 Å². The molecule has 1 unspecified atom stereocenters. The second-order valence-electron chi connectivity index (χ2n) is 8.77. The van der Waals surface area contributed by atoms with Crippen molar-refractivity contribution < 1.29 is 34.2 Å². The Bertz CT molecular complexity index is 1360. The van der Waals surface area contributed by atoms with Crippen LogP contribution in [0.2, 0.25) is 5.02 Å². The van der Waals surface area contributed by atoms with E-state index in [9.17, 15) is 21.4 Å². The van der Waals surface area contributed by atoms with Crippen molar-refractivity contribution in [1.29, 1.82) is 0 Å². The molecule has 1 aliphatic heterocycles. The standard InChI is InChI=1S/C24H25ClNO3S.CH4O4S/c1-18-8-14-23(15-9-18)30(27,28)29-22-16-26(2,17-22)24(19-6-4-3-5-7-19)20-10-12-21(25)13-11-20;1-5-6(2,3)4/h3-15,22,24H,16-17H2,1-2H3;1H3,(H,2,3,4)/q+1;/p-1. The number of likely N-dealkylation sites (tertiary alicyclic amines) is 1. The SMILES string of the molecule is COS(=O)(=O)[O-].Cc1ccc(S(=O)(=O)OC2C[N+](C)(C(c3ccccc3)c3ccc(Cl)cc3)C2)cc1. The van der Waals surface area contributed by atoms with Gasteiger partial charge in [-0.15, -0.1) is 0 Å². The van der Waals surface area contributed by atoms with Crippen molar-refractivity contribution in [3.63, 3.8) is 0 Å². The molecule has 3 aromatic rings. The normalized spacial score (nSPS) is 20.5. The van der Waals surface area contributed by atoms with Gasteiger partial charge in [-0.1, -0.05) is 71.8 Å². The minimum absolute atomic E-state index is 0.0744. The Kier molecular flexibility index (Phi) is 8.94. The molecule has 1 atom stereocenters. The van der Waals surface area contributed by atoms with Crippen molar-refractivity contribution in [2.45, 2.75) is 24.0 Å². The summed E-state index contributed by atoms with van der Waals surface area (Å²) in [6, 6.07) is 25.0. The Morgan fingerprint density at radius 3 is 1.89 bits per heavy atom. The van der Waals surface area contributed by atoms with E-state index in [0.717, 1.165) is 18.2 Å². The van der Waals surface area contributed by atoms with Crippen molar-refractivity contribution in [3.8, 4) is 0 Å². The van der Waals surface area contributed by atoms with Gasteiger partial charge in [-0.25, -0.2) is 8.42 Å². The average Bonchev–Trinajstić information content (AvgIpc) is 2.80. The molecular weight excluding hydrogens is 526 g/mol. The third kappa shape index (κ3) is 7.36. The molecule has 0 radical (unpaired) electrons. The second kappa shape index (κ2) is 11.4. The monoisotopic (exact) mass is 553 g/mol. The summed E-state index contributed by atoms with van der Waals surface area (Å²) in [7, 11) is -5.24. The maximum absolute atomic E-state index is 12.7. The zero-order valence-electron chi connectivity index (χ0n) is 20.1. The van der Waals surface area contributed by atoms with Crippen LogP contribution in [0.1, 0.15) is 22.7 Å². The lowest BCUT2D eigenvalue weighted by atomic mass is 9.91. The molecule has 1 aliphatic rings. The van der Waals surface area contributed by atoms with Crippen molar-refractivity contribution in [2.24, 2.45) is 0 Å². The molecule has 0 aromatic heterocycles. The van der Waals surface area contributed by atoms with E-state index in [1.54, 1.807) is 24.3 Å². The number of quaternary nitrogens is 1. The molecule has 3 aromatic carbocycles. The van der Waals surface area contributed by atoms with Gasteiger partial charge in [0.25, 0.3) is 10.1 Å². The van der Waals surface area contributed by atoms with Crippen LogP contribution < -0.4 is 0 Å². The summed E-state index contributed by atoms with van der Waals surface area (Å²) in [6.45, 7) is 3.13. The van der Waals surface area contributed by atoms with Crippen LogP contribution in [0.25, 0.3) is 0 Å². The number of halogens is 1. The predicted octanol–water partition coefficient (Wildman–Crippen LogP) is 4.07. The third-order valence-corrected chi connectivity index (χ3v) is 7.98. The van der Waals surface area contributed by atoms with Crippen molar-refractivity contribution >= 4 is 32.1 Å². The maximum atomic E-state index is 12.7. The Morgan fingerprint density at radius 2 is 1.39 bits per heavy atom. The fourth-order valence-electron chi connectivity index (χ4n) is 4.28. The summed E-state index contributed by atoms with van der Waals surface area (Å²) < 4.78 is 62.6. The molecule has 0 aliphatic carbocycles. The highest BCUT2D eigenvalue weighted by molar-refractivity contribution is 7.86. The molecule has 11 heteroatoms. The highest BCUT2D eigenvalue weighted by atomic mass is 35.5. The minimum Gasteiger partial charge on any atom is -0.726 e. The zero-order valence-corrected chi connectivity index (χ0v) is 22.5. The highest BCUT2D eigenvalue weighted by Gasteiger charge is 2.49. The first-order valence-corrected chi connectivity index (χ1v) is 14.1. The van der Waals surface area contributed by atoms with Gasteiger partial charge in [0.1, 0.15) is 19.1 Å². The van der Waals surface area contributed by atoms with Crippen LogP contribution >= 0.6 is 11.6 Å². The van der Waals surface area contributed by atoms with Crippen molar-refractivity contribution in [2.75, 3.05) is 27.2 Å². The van der Waals surface area contributed by atoms with E-state index in [4.69, 9.17) is 15.8 Å². The lowest BCUT2D eigenvalue weighted by Crippen LogP contribution is -2.66. The van der Waals surface area contributed by atoms with Gasteiger partial charge in [0, 0.05) is 16.1 Å². The molecule has 0 saturated carbocycles. The minimum atomic E-state index is -4.41. The number of hydrogen-bond acceptors (Lipinski definition) is 7. The quantitative estimate of drug-likeness (QED) is 0.188. The second-order valence-corrected chi connectivity index (χ2v) is 11.9. The van der Waals surface area contributed by atoms with Gasteiger partial charge in [-0.05, 0) is 31.2 Å². The van der Waals surface area contributed by atoms with Crippen LogP contribution in [-0.4, -0.2) is 59.2 Å². The topological polar surface area (TPSA) is 110 Å². The van der Waals surface area contributed by atoms with Crippen molar-refractivity contribution in [1.82, 2.24) is 0 Å². The highest BCUT2D eigenvalue weighted by Crippen LogP contribution is 2.40. The molecule has 36 heavy (non-hydrogen) atoms. The predicted molar refractivity (Wildman–Crippen MR) is 136 cm³/mol. The van der Waals surface area contributed by atoms with E-state index in [0.29, 0.717) is 22.6 Å². The van der Waals surface area contributed by atoms with Crippen LogP contribution in [0, 0.1) is 6.92 Å². The van der Waals surface area contributed by atoms with Gasteiger partial charge < -0.3 is 9.04 Å². The summed E-state index contributed by atoms with van der Waals surface area (Å²) in [4.78, 5) is 0.200. The summed E-state index contributed by atoms with van der Waals surface area (Å²) in [6.07, 6.45) is -0.347. The van der Waals surface area contributed by atoms with Crippen LogP contribution in [-0.2, 0) is 28.9 Å². The number of nitrogens with zero attached hydrogens (tertiary/aromatic N) is 1. The number of rotatable bonds is 7. The lowest BCUT2D eigenvalue weighted by molar-refractivity contribution is -0.976. The van der Waals surface area contributed by atoms with Crippen LogP contribution in [0.5, 0.6) is 0 Å². The molecule has 1 heterocycles. The molecule has 1 fully saturated rings. The Morgan fingerprint density at radius 1 is 0.889 bits per heavy atom. The first kappa shape index (κ1) is 28.3. The van der Waals surface area contributed by atoms with Crippen LogP contribution in [0.3, 0.4) is 0 Å². The third-order valence-electron chi connectivity index (χ3n) is 5.94. The fraction of sp³-hybridized carbons (Fsp3) is 0.280. The Labute approximate surface area is 217 Å². The van der Waals surface area contributed by atoms with E-state index in [1.165, 1.54) is 5.56 Å². The summed E-state index contributed by atoms with van der Waals surface area (Å²) >= 11 is 6.10. The molecule has 0 amide bonds. The van der Waals surface area contributed by atoms with Crippen LogP contribution in [0.15, 0.2) is 83.8 Å². The van der Waals surface area contributed by atoms with Gasteiger partial charge in [0.2, 0.25) is 10.4 Å². The zero-order chi connectivity index (χ0) is 26.6. The molecule has 0 bridgehead atoms. The molecule has 0 N–H and O–H groups in total. The fourth-order valence-corrected chi connectivity index (χ4v) is 5.47. The number of likely N-dealkylation sites (N-methyl/N-ethyl adjacent to an activating group) is 1. The largest absolute Gasteiger partial charge is 0.726 e. The number of hydrogen-bond donors (Lipinski definition) is 0. The van der Waals surface area contributed by atoms with Gasteiger partial charge in [0.05, 0.1) is 19.1 Å². The molecule has 4 rings (SSSR count). The van der Waals surface area contributed by atoms with E-state index in [1.807, 2.05) is 49.4 Å². The average molecular weight is 554 g/mol. The Balaban J connectivity index is 0.000000538. The summed E-state index contributed by atoms with van der Waals surface area (Å²) in [5.74, 6) is 0. The first-order chi connectivity index (χ1) is 16.8. The Hall–Kier alpha value is -2.31.